The maximum absolute atomic E-state index is 4.90. The number of rotatable bonds is 7. The molecule has 0 aliphatic carbocycles. The van der Waals surface area contributed by atoms with Gasteiger partial charge in [0.2, 0.25) is 0 Å². The first-order valence-electron chi connectivity index (χ1n) is 18.4. The Morgan fingerprint density at radius 1 is 0.309 bits per heavy atom. The van der Waals surface area contributed by atoms with Gasteiger partial charge in [-0.1, -0.05) is 158 Å². The third kappa shape index (κ3) is 6.34. The summed E-state index contributed by atoms with van der Waals surface area (Å²) >= 11 is 0. The van der Waals surface area contributed by atoms with Crippen molar-refractivity contribution in [2.45, 2.75) is 0 Å². The molecule has 0 bridgehead atoms. The van der Waals surface area contributed by atoms with E-state index in [4.69, 9.17) is 19.9 Å². The maximum Gasteiger partial charge on any atom is 0.164 e. The average Bonchev–Trinajstić information content (AvgIpc) is 3.70. The van der Waals surface area contributed by atoms with Crippen LogP contribution in [0, 0.1) is 0 Å². The molecule has 2 heterocycles. The number of hydrogen-bond acceptors (Lipinski definition) is 4. The van der Waals surface area contributed by atoms with Crippen LogP contribution in [-0.2, 0) is 0 Å². The summed E-state index contributed by atoms with van der Waals surface area (Å²) in [5, 5.41) is 2.40. The molecule has 10 rings (SSSR count). The number of nitrogens with zero attached hydrogens (tertiary/aromatic N) is 5. The fraction of sp³-hybridized carbons (Fsp3) is 0. The third-order valence-corrected chi connectivity index (χ3v) is 10.1. The summed E-state index contributed by atoms with van der Waals surface area (Å²) in [5.41, 5.74) is 13.0. The van der Waals surface area contributed by atoms with Crippen LogP contribution in [0.15, 0.2) is 200 Å². The minimum Gasteiger partial charge on any atom is -0.299 e. The number of para-hydroxylation sites is 1. The Hall–Kier alpha value is -7.50. The molecule has 8 aromatic carbocycles. The van der Waals surface area contributed by atoms with Crippen LogP contribution in [-0.4, -0.2) is 24.5 Å². The highest BCUT2D eigenvalue weighted by Crippen LogP contribution is 2.33. The van der Waals surface area contributed by atoms with Crippen molar-refractivity contribution in [3.63, 3.8) is 0 Å². The zero-order chi connectivity index (χ0) is 36.6. The fourth-order valence-electron chi connectivity index (χ4n) is 7.20. The van der Waals surface area contributed by atoms with E-state index >= 15 is 0 Å². The van der Waals surface area contributed by atoms with Crippen molar-refractivity contribution < 1.29 is 0 Å². The van der Waals surface area contributed by atoms with E-state index in [1.54, 1.807) is 0 Å². The lowest BCUT2D eigenvalue weighted by molar-refractivity contribution is 1.07. The van der Waals surface area contributed by atoms with Crippen molar-refractivity contribution in [1.29, 1.82) is 0 Å². The lowest BCUT2D eigenvalue weighted by Crippen LogP contribution is -2.00. The van der Waals surface area contributed by atoms with Crippen LogP contribution in [0.4, 0.5) is 0 Å². The Bertz CT molecular complexity index is 2880. The van der Waals surface area contributed by atoms with Gasteiger partial charge in [0.1, 0.15) is 6.33 Å². The van der Waals surface area contributed by atoms with Crippen molar-refractivity contribution in [2.24, 2.45) is 0 Å². The molecule has 0 aliphatic heterocycles. The number of imidazole rings is 1. The molecular weight excluding hydrogens is 671 g/mol. The highest BCUT2D eigenvalue weighted by atomic mass is 15.0. The van der Waals surface area contributed by atoms with Gasteiger partial charge in [-0.25, -0.2) is 19.9 Å². The molecule has 0 saturated heterocycles. The first-order valence-corrected chi connectivity index (χ1v) is 18.4. The maximum atomic E-state index is 4.90. The van der Waals surface area contributed by atoms with Crippen LogP contribution < -0.4 is 0 Å². The van der Waals surface area contributed by atoms with Crippen LogP contribution in [0.5, 0.6) is 0 Å². The van der Waals surface area contributed by atoms with Crippen LogP contribution in [0.25, 0.3) is 95.0 Å². The minimum atomic E-state index is 0.646. The monoisotopic (exact) mass is 703 g/mol. The van der Waals surface area contributed by atoms with Gasteiger partial charge in [-0.15, -0.1) is 0 Å². The molecule has 258 valence electrons. The molecule has 55 heavy (non-hydrogen) atoms. The van der Waals surface area contributed by atoms with Crippen LogP contribution in [0.2, 0.25) is 0 Å². The molecule has 0 radical (unpaired) electrons. The molecule has 5 heteroatoms. The van der Waals surface area contributed by atoms with E-state index in [0.717, 1.165) is 55.7 Å². The van der Waals surface area contributed by atoms with Gasteiger partial charge < -0.3 is 0 Å². The fourth-order valence-corrected chi connectivity index (χ4v) is 7.20. The zero-order valence-corrected chi connectivity index (χ0v) is 29.8. The summed E-state index contributed by atoms with van der Waals surface area (Å²) in [6.07, 6.45) is 1.90. The Morgan fingerprint density at radius 2 is 0.709 bits per heavy atom. The first kappa shape index (κ1) is 32.2. The van der Waals surface area contributed by atoms with Crippen molar-refractivity contribution in [1.82, 2.24) is 24.5 Å². The highest BCUT2D eigenvalue weighted by Gasteiger charge is 2.13. The van der Waals surface area contributed by atoms with E-state index in [9.17, 15) is 0 Å². The SMILES string of the molecule is c1ccc(-c2nc(-c3ccccc3)nc(-c3ccc(-c4ccc5ccc(-c6ccc(-c7ccc8c(c7)ncn8-c7ccccc7)cc6)cc5c4)cc3)n2)cc1. The van der Waals surface area contributed by atoms with E-state index in [2.05, 4.69) is 120 Å². The summed E-state index contributed by atoms with van der Waals surface area (Å²) in [5.74, 6) is 1.96. The second-order valence-corrected chi connectivity index (χ2v) is 13.6. The van der Waals surface area contributed by atoms with Crippen molar-refractivity contribution in [3.8, 4) is 73.2 Å². The van der Waals surface area contributed by atoms with E-state index < -0.39 is 0 Å². The molecule has 0 atom stereocenters. The Balaban J connectivity index is 0.917. The van der Waals surface area contributed by atoms with E-state index in [1.165, 1.54) is 21.9 Å². The van der Waals surface area contributed by atoms with Gasteiger partial charge in [-0.3, -0.25) is 4.57 Å². The van der Waals surface area contributed by atoms with Crippen molar-refractivity contribution in [3.05, 3.63) is 200 Å². The molecule has 0 spiro atoms. The molecule has 2 aromatic heterocycles. The van der Waals surface area contributed by atoms with Crippen molar-refractivity contribution in [2.75, 3.05) is 0 Å². The molecule has 10 aromatic rings. The highest BCUT2D eigenvalue weighted by molar-refractivity contribution is 5.91. The van der Waals surface area contributed by atoms with E-state index in [1.807, 2.05) is 85.2 Å². The predicted octanol–water partition coefficient (Wildman–Crippen LogP) is 12.4. The third-order valence-electron chi connectivity index (χ3n) is 10.1. The quantitative estimate of drug-likeness (QED) is 0.166. The predicted molar refractivity (Wildman–Crippen MR) is 225 cm³/mol. The standard InChI is InChI=1S/C50H33N5/c1-4-10-38(11-5-1)48-52-49(39-12-6-2-7-13-39)54-50(53-48)40-24-20-35(21-25-40)42-27-23-37-22-26-41(30-44(37)31-42)34-16-18-36(19-17-34)43-28-29-47-46(32-43)51-33-55(47)45-14-8-3-9-15-45/h1-33H. The van der Waals surface area contributed by atoms with Crippen LogP contribution in [0.1, 0.15) is 0 Å². The summed E-state index contributed by atoms with van der Waals surface area (Å²) in [7, 11) is 0. The summed E-state index contributed by atoms with van der Waals surface area (Å²) in [6.45, 7) is 0. The number of hydrogen-bond donors (Lipinski definition) is 0. The molecule has 0 fully saturated rings. The second-order valence-electron chi connectivity index (χ2n) is 13.6. The van der Waals surface area contributed by atoms with Gasteiger partial charge >= 0.3 is 0 Å². The van der Waals surface area contributed by atoms with Gasteiger partial charge in [0, 0.05) is 22.4 Å². The summed E-state index contributed by atoms with van der Waals surface area (Å²) < 4.78 is 2.13. The molecule has 5 nitrogen and oxygen atoms in total. The number of fused-ring (bicyclic) bond motifs is 2. The van der Waals surface area contributed by atoms with Crippen molar-refractivity contribution >= 4 is 21.8 Å². The normalized spacial score (nSPS) is 11.3. The number of benzene rings is 8. The Labute approximate surface area is 318 Å². The average molecular weight is 704 g/mol. The molecule has 0 unspecified atom stereocenters. The smallest absolute Gasteiger partial charge is 0.164 e. The van der Waals surface area contributed by atoms with Gasteiger partial charge in [-0.2, -0.15) is 0 Å². The largest absolute Gasteiger partial charge is 0.299 e. The second kappa shape index (κ2) is 13.8. The zero-order valence-electron chi connectivity index (χ0n) is 29.8. The molecule has 0 N–H and O–H groups in total. The lowest BCUT2D eigenvalue weighted by Gasteiger charge is -2.10. The van der Waals surface area contributed by atoms with Crippen LogP contribution >= 0.6 is 0 Å². The van der Waals surface area contributed by atoms with Gasteiger partial charge in [0.25, 0.3) is 0 Å². The van der Waals surface area contributed by atoms with Crippen LogP contribution in [0.3, 0.4) is 0 Å². The Morgan fingerprint density at radius 3 is 1.22 bits per heavy atom. The first-order chi connectivity index (χ1) is 27.2. The van der Waals surface area contributed by atoms with Gasteiger partial charge in [-0.05, 0) is 80.6 Å². The molecule has 0 amide bonds. The lowest BCUT2D eigenvalue weighted by atomic mass is 9.96. The van der Waals surface area contributed by atoms with Gasteiger partial charge in [0.15, 0.2) is 17.5 Å². The molecule has 0 saturated carbocycles. The Kier molecular flexibility index (Phi) is 8.08. The topological polar surface area (TPSA) is 56.5 Å². The number of aromatic nitrogens is 5. The van der Waals surface area contributed by atoms with E-state index in [0.29, 0.717) is 17.5 Å². The van der Waals surface area contributed by atoms with E-state index in [-0.39, 0.29) is 0 Å². The van der Waals surface area contributed by atoms with Gasteiger partial charge in [0.05, 0.1) is 11.0 Å². The summed E-state index contributed by atoms with van der Waals surface area (Å²) in [4.78, 5) is 19.3. The summed E-state index contributed by atoms with van der Waals surface area (Å²) in [6, 6.07) is 67.6. The molecule has 0 aliphatic rings. The molecular formula is C50H33N5. The minimum absolute atomic E-state index is 0.646.